The lowest BCUT2D eigenvalue weighted by Gasteiger charge is -2.34. The lowest BCUT2D eigenvalue weighted by atomic mass is 9.80. The molecule has 0 amide bonds. The fourth-order valence-electron chi connectivity index (χ4n) is 1.90. The van der Waals surface area contributed by atoms with Crippen LogP contribution in [0.3, 0.4) is 0 Å². The Balaban J connectivity index is 2.17. The summed E-state index contributed by atoms with van der Waals surface area (Å²) in [5, 5.41) is 6.87. The van der Waals surface area contributed by atoms with Gasteiger partial charge in [0.15, 0.2) is 0 Å². The molecule has 1 heterocycles. The predicted octanol–water partition coefficient (Wildman–Crippen LogP) is 1.38. The molecule has 1 aliphatic rings. The number of piperidine rings is 1. The maximum Gasteiger partial charge on any atom is 0.000564 e. The van der Waals surface area contributed by atoms with Crippen LogP contribution >= 0.6 is 0 Å². The summed E-state index contributed by atoms with van der Waals surface area (Å²) in [6, 6.07) is 0. The van der Waals surface area contributed by atoms with E-state index in [0.717, 1.165) is 6.54 Å². The van der Waals surface area contributed by atoms with Gasteiger partial charge in [0.05, 0.1) is 0 Å². The van der Waals surface area contributed by atoms with E-state index in [1.54, 1.807) is 0 Å². The monoisotopic (exact) mass is 170 g/mol. The van der Waals surface area contributed by atoms with E-state index >= 15 is 0 Å². The van der Waals surface area contributed by atoms with Crippen molar-refractivity contribution in [3.63, 3.8) is 0 Å². The van der Waals surface area contributed by atoms with Gasteiger partial charge in [-0.1, -0.05) is 13.8 Å². The third kappa shape index (κ3) is 3.11. The molecule has 1 atom stereocenters. The van der Waals surface area contributed by atoms with Crippen LogP contribution in [0.15, 0.2) is 0 Å². The molecule has 0 saturated carbocycles. The highest BCUT2D eigenvalue weighted by Crippen LogP contribution is 2.28. The van der Waals surface area contributed by atoms with E-state index in [2.05, 4.69) is 24.5 Å². The van der Waals surface area contributed by atoms with E-state index < -0.39 is 0 Å². The minimum atomic E-state index is 0.556. The topological polar surface area (TPSA) is 24.1 Å². The van der Waals surface area contributed by atoms with Crippen molar-refractivity contribution >= 4 is 0 Å². The molecule has 2 N–H and O–H groups in total. The third-order valence-electron chi connectivity index (χ3n) is 2.84. The van der Waals surface area contributed by atoms with Gasteiger partial charge in [0.25, 0.3) is 0 Å². The standard InChI is InChI=1S/C10H22N2/c1-3-11-8-6-10(2)5-4-7-12-9-10/h11-12H,3-9H2,1-2H3. The zero-order chi connectivity index (χ0) is 8.86. The molecule has 12 heavy (non-hydrogen) atoms. The van der Waals surface area contributed by atoms with Crippen LogP contribution in [0.1, 0.15) is 33.1 Å². The summed E-state index contributed by atoms with van der Waals surface area (Å²) in [7, 11) is 0. The van der Waals surface area contributed by atoms with Crippen LogP contribution in [0, 0.1) is 5.41 Å². The zero-order valence-electron chi connectivity index (χ0n) is 8.45. The summed E-state index contributed by atoms with van der Waals surface area (Å²) in [6.07, 6.45) is 4.06. The van der Waals surface area contributed by atoms with Gasteiger partial charge < -0.3 is 10.6 Å². The minimum absolute atomic E-state index is 0.556. The van der Waals surface area contributed by atoms with Gasteiger partial charge in [-0.15, -0.1) is 0 Å². The maximum absolute atomic E-state index is 3.47. The normalized spacial score (nSPS) is 30.5. The van der Waals surface area contributed by atoms with Gasteiger partial charge in [0.2, 0.25) is 0 Å². The van der Waals surface area contributed by atoms with Crippen LogP contribution in [-0.2, 0) is 0 Å². The van der Waals surface area contributed by atoms with Crippen LogP contribution in [0.2, 0.25) is 0 Å². The van der Waals surface area contributed by atoms with E-state index in [-0.39, 0.29) is 0 Å². The molecular weight excluding hydrogens is 148 g/mol. The highest BCUT2D eigenvalue weighted by atomic mass is 14.9. The fraction of sp³-hybridized carbons (Fsp3) is 1.00. The second kappa shape index (κ2) is 4.83. The van der Waals surface area contributed by atoms with E-state index in [1.165, 1.54) is 38.9 Å². The Bertz CT molecular complexity index is 117. The van der Waals surface area contributed by atoms with Crippen molar-refractivity contribution in [2.75, 3.05) is 26.2 Å². The Morgan fingerprint density at radius 1 is 1.50 bits per heavy atom. The average Bonchev–Trinajstić information content (AvgIpc) is 2.06. The zero-order valence-corrected chi connectivity index (χ0v) is 8.45. The number of rotatable bonds is 4. The first-order chi connectivity index (χ1) is 5.77. The number of nitrogens with one attached hydrogen (secondary N) is 2. The molecule has 72 valence electrons. The molecule has 0 spiro atoms. The highest BCUT2D eigenvalue weighted by molar-refractivity contribution is 4.81. The molecule has 1 aliphatic heterocycles. The Kier molecular flexibility index (Phi) is 4.02. The van der Waals surface area contributed by atoms with Crippen molar-refractivity contribution in [2.24, 2.45) is 5.41 Å². The van der Waals surface area contributed by atoms with Gasteiger partial charge in [-0.3, -0.25) is 0 Å². The van der Waals surface area contributed by atoms with Gasteiger partial charge in [-0.25, -0.2) is 0 Å². The molecule has 1 fully saturated rings. The lowest BCUT2D eigenvalue weighted by molar-refractivity contribution is 0.217. The molecule has 0 bridgehead atoms. The first kappa shape index (κ1) is 10.0. The molecule has 1 unspecified atom stereocenters. The van der Waals surface area contributed by atoms with Gasteiger partial charge >= 0.3 is 0 Å². The molecule has 0 radical (unpaired) electrons. The molecule has 0 aromatic carbocycles. The van der Waals surface area contributed by atoms with Crippen LogP contribution in [0.5, 0.6) is 0 Å². The molecule has 2 heteroatoms. The summed E-state index contributed by atoms with van der Waals surface area (Å²) in [4.78, 5) is 0. The molecule has 1 saturated heterocycles. The van der Waals surface area contributed by atoms with Crippen molar-refractivity contribution in [2.45, 2.75) is 33.1 Å². The van der Waals surface area contributed by atoms with E-state index in [1.807, 2.05) is 0 Å². The quantitative estimate of drug-likeness (QED) is 0.623. The second-order valence-electron chi connectivity index (χ2n) is 4.19. The third-order valence-corrected chi connectivity index (χ3v) is 2.84. The van der Waals surface area contributed by atoms with E-state index in [0.29, 0.717) is 5.41 Å². The van der Waals surface area contributed by atoms with Gasteiger partial charge in [-0.2, -0.15) is 0 Å². The predicted molar refractivity (Wildman–Crippen MR) is 53.4 cm³/mol. The van der Waals surface area contributed by atoms with Gasteiger partial charge in [-0.05, 0) is 44.3 Å². The largest absolute Gasteiger partial charge is 0.317 e. The highest BCUT2D eigenvalue weighted by Gasteiger charge is 2.25. The smallest absolute Gasteiger partial charge is 0.000564 e. The molecule has 0 aromatic heterocycles. The van der Waals surface area contributed by atoms with Crippen LogP contribution in [-0.4, -0.2) is 26.2 Å². The Morgan fingerprint density at radius 2 is 2.33 bits per heavy atom. The summed E-state index contributed by atoms with van der Waals surface area (Å²) in [6.45, 7) is 9.27. The number of hydrogen-bond acceptors (Lipinski definition) is 2. The summed E-state index contributed by atoms with van der Waals surface area (Å²) in [5.74, 6) is 0. The summed E-state index contributed by atoms with van der Waals surface area (Å²) >= 11 is 0. The van der Waals surface area contributed by atoms with Crippen molar-refractivity contribution in [3.05, 3.63) is 0 Å². The second-order valence-corrected chi connectivity index (χ2v) is 4.19. The fourth-order valence-corrected chi connectivity index (χ4v) is 1.90. The first-order valence-electron chi connectivity index (χ1n) is 5.18. The van der Waals surface area contributed by atoms with Crippen molar-refractivity contribution in [1.82, 2.24) is 10.6 Å². The van der Waals surface area contributed by atoms with Crippen LogP contribution in [0.25, 0.3) is 0 Å². The summed E-state index contributed by atoms with van der Waals surface area (Å²) < 4.78 is 0. The Hall–Kier alpha value is -0.0800. The van der Waals surface area contributed by atoms with Crippen LogP contribution in [0.4, 0.5) is 0 Å². The van der Waals surface area contributed by atoms with Crippen molar-refractivity contribution in [3.8, 4) is 0 Å². The SMILES string of the molecule is CCNCCC1(C)CCCNC1. The molecule has 0 aromatic rings. The van der Waals surface area contributed by atoms with E-state index in [9.17, 15) is 0 Å². The van der Waals surface area contributed by atoms with Crippen molar-refractivity contribution < 1.29 is 0 Å². The Labute approximate surface area is 76.1 Å². The average molecular weight is 170 g/mol. The Morgan fingerprint density at radius 3 is 2.92 bits per heavy atom. The van der Waals surface area contributed by atoms with Crippen molar-refractivity contribution in [1.29, 1.82) is 0 Å². The molecular formula is C10H22N2. The molecule has 0 aliphatic carbocycles. The molecule has 1 rings (SSSR count). The van der Waals surface area contributed by atoms with E-state index in [4.69, 9.17) is 0 Å². The van der Waals surface area contributed by atoms with Gasteiger partial charge in [0, 0.05) is 6.54 Å². The van der Waals surface area contributed by atoms with Crippen LogP contribution < -0.4 is 10.6 Å². The minimum Gasteiger partial charge on any atom is -0.317 e. The first-order valence-corrected chi connectivity index (χ1v) is 5.18. The number of hydrogen-bond donors (Lipinski definition) is 2. The lowest BCUT2D eigenvalue weighted by Crippen LogP contribution is -2.39. The maximum atomic E-state index is 3.47. The summed E-state index contributed by atoms with van der Waals surface area (Å²) in [5.41, 5.74) is 0.556. The molecule has 2 nitrogen and oxygen atoms in total. The van der Waals surface area contributed by atoms with Gasteiger partial charge in [0.1, 0.15) is 0 Å².